The van der Waals surface area contributed by atoms with E-state index < -0.39 is 11.6 Å². The topological polar surface area (TPSA) is 104 Å². The lowest BCUT2D eigenvalue weighted by Crippen LogP contribution is -2.31. The number of primary amides is 1. The van der Waals surface area contributed by atoms with Crippen molar-refractivity contribution in [2.45, 2.75) is 6.54 Å². The summed E-state index contributed by atoms with van der Waals surface area (Å²) in [7, 11) is 1.94. The molecule has 3 rings (SSSR count). The summed E-state index contributed by atoms with van der Waals surface area (Å²) in [5, 5.41) is 9.95. The molecule has 0 spiro atoms. The minimum atomic E-state index is -0.839. The Bertz CT molecular complexity index is 974. The molecule has 7 heteroatoms. The van der Waals surface area contributed by atoms with Crippen LogP contribution in [0.15, 0.2) is 41.3 Å². The average Bonchev–Trinajstić information content (AvgIpc) is 2.97. The molecule has 3 aromatic rings. The maximum Gasteiger partial charge on any atom is 0.325 e. The van der Waals surface area contributed by atoms with E-state index in [0.29, 0.717) is 24.3 Å². The number of benzene rings is 1. The van der Waals surface area contributed by atoms with Gasteiger partial charge in [-0.25, -0.2) is 9.36 Å². The number of nitrogens with one attached hydrogen (secondary N) is 1. The number of likely N-dealkylation sites (N-methyl/N-ethyl adjacent to an activating group) is 1. The fourth-order valence-electron chi connectivity index (χ4n) is 2.79. The van der Waals surface area contributed by atoms with Crippen molar-refractivity contribution >= 4 is 16.9 Å². The van der Waals surface area contributed by atoms with Crippen LogP contribution in [0.5, 0.6) is 0 Å². The van der Waals surface area contributed by atoms with Gasteiger partial charge in [-0.3, -0.25) is 9.69 Å². The SMILES string of the molecule is CN(CCO)Cc1ccc2[nH]c(-c3c[c]cn(C(N)=O)c3=O)cc2c1. The van der Waals surface area contributed by atoms with Gasteiger partial charge in [-0.1, -0.05) is 6.07 Å². The van der Waals surface area contributed by atoms with Crippen LogP contribution < -0.4 is 11.3 Å². The molecule has 0 bridgehead atoms. The molecule has 0 aliphatic heterocycles. The van der Waals surface area contributed by atoms with Gasteiger partial charge in [0.2, 0.25) is 0 Å². The van der Waals surface area contributed by atoms with Crippen LogP contribution in [0.4, 0.5) is 4.79 Å². The van der Waals surface area contributed by atoms with Crippen molar-refractivity contribution in [1.82, 2.24) is 14.5 Å². The lowest BCUT2D eigenvalue weighted by atomic mass is 10.1. The number of hydrogen-bond donors (Lipinski definition) is 3. The van der Waals surface area contributed by atoms with Gasteiger partial charge in [-0.15, -0.1) is 0 Å². The van der Waals surface area contributed by atoms with Crippen LogP contribution in [0.25, 0.3) is 22.2 Å². The first-order valence-corrected chi connectivity index (χ1v) is 7.83. The first kappa shape index (κ1) is 16.9. The summed E-state index contributed by atoms with van der Waals surface area (Å²) in [6.45, 7) is 1.43. The molecule has 1 radical (unpaired) electrons. The Balaban J connectivity index is 1.98. The van der Waals surface area contributed by atoms with Gasteiger partial charge in [-0.2, -0.15) is 0 Å². The number of nitrogens with zero attached hydrogens (tertiary/aromatic N) is 2. The molecule has 7 nitrogen and oxygen atoms in total. The molecule has 0 atom stereocenters. The number of hydrogen-bond acceptors (Lipinski definition) is 4. The van der Waals surface area contributed by atoms with E-state index in [4.69, 9.17) is 10.8 Å². The summed E-state index contributed by atoms with van der Waals surface area (Å²) in [4.78, 5) is 28.9. The number of aliphatic hydroxyl groups is 1. The van der Waals surface area contributed by atoms with Gasteiger partial charge in [-0.05, 0) is 36.9 Å². The highest BCUT2D eigenvalue weighted by Crippen LogP contribution is 2.23. The molecule has 0 aliphatic carbocycles. The Hall–Kier alpha value is -2.90. The van der Waals surface area contributed by atoms with E-state index in [1.807, 2.05) is 36.2 Å². The summed E-state index contributed by atoms with van der Waals surface area (Å²) < 4.78 is 0.829. The summed E-state index contributed by atoms with van der Waals surface area (Å²) in [6.07, 6.45) is 1.23. The molecule has 0 fully saturated rings. The van der Waals surface area contributed by atoms with Crippen molar-refractivity contribution in [3.05, 3.63) is 58.5 Å². The van der Waals surface area contributed by atoms with Crippen LogP contribution in [0.2, 0.25) is 0 Å². The number of aliphatic hydroxyl groups excluding tert-OH is 1. The maximum absolute atomic E-state index is 12.4. The normalized spacial score (nSPS) is 11.3. The van der Waals surface area contributed by atoms with E-state index in [-0.39, 0.29) is 6.61 Å². The third-order valence-electron chi connectivity index (χ3n) is 4.03. The van der Waals surface area contributed by atoms with E-state index in [1.54, 1.807) is 0 Å². The number of aromatic nitrogens is 2. The van der Waals surface area contributed by atoms with Crippen LogP contribution in [-0.2, 0) is 6.54 Å². The van der Waals surface area contributed by atoms with E-state index in [9.17, 15) is 9.59 Å². The van der Waals surface area contributed by atoms with Gasteiger partial charge in [0, 0.05) is 36.3 Å². The van der Waals surface area contributed by atoms with Gasteiger partial charge in [0.05, 0.1) is 17.9 Å². The molecule has 0 unspecified atom stereocenters. The third kappa shape index (κ3) is 3.47. The average molecular weight is 339 g/mol. The van der Waals surface area contributed by atoms with E-state index in [2.05, 4.69) is 11.1 Å². The second-order valence-electron chi connectivity index (χ2n) is 5.93. The Morgan fingerprint density at radius 2 is 2.20 bits per heavy atom. The number of carbonyl (C=O) groups excluding carboxylic acids is 1. The minimum Gasteiger partial charge on any atom is -0.395 e. The van der Waals surface area contributed by atoms with Crippen LogP contribution in [-0.4, -0.2) is 45.8 Å². The largest absolute Gasteiger partial charge is 0.395 e. The standard InChI is InChI=1S/C18H19N4O3/c1-21(7-8-23)11-12-4-5-15-13(9-12)10-16(20-15)14-3-2-6-22(17(14)24)18(19)25/h3-6,9-10,20,23H,7-8,11H2,1H3,(H2,19,25). The molecular weight excluding hydrogens is 320 g/mol. The van der Waals surface area contributed by atoms with E-state index >= 15 is 0 Å². The first-order chi connectivity index (χ1) is 12.0. The van der Waals surface area contributed by atoms with Crippen molar-refractivity contribution in [3.8, 4) is 11.3 Å². The summed E-state index contributed by atoms with van der Waals surface area (Å²) in [5.74, 6) is 0. The molecule has 129 valence electrons. The fourth-order valence-corrected chi connectivity index (χ4v) is 2.79. The zero-order valence-corrected chi connectivity index (χ0v) is 13.8. The zero-order chi connectivity index (χ0) is 18.0. The molecule has 0 saturated carbocycles. The van der Waals surface area contributed by atoms with Crippen molar-refractivity contribution in [3.63, 3.8) is 0 Å². The number of pyridine rings is 1. The molecule has 2 aromatic heterocycles. The van der Waals surface area contributed by atoms with Crippen molar-refractivity contribution in [2.24, 2.45) is 5.73 Å². The molecule has 1 amide bonds. The lowest BCUT2D eigenvalue weighted by molar-refractivity contribution is 0.217. The highest BCUT2D eigenvalue weighted by atomic mass is 16.3. The second kappa shape index (κ2) is 6.92. The summed E-state index contributed by atoms with van der Waals surface area (Å²) >= 11 is 0. The molecule has 4 N–H and O–H groups in total. The highest BCUT2D eigenvalue weighted by Gasteiger charge is 2.12. The quantitative estimate of drug-likeness (QED) is 0.648. The predicted molar refractivity (Wildman–Crippen MR) is 95.2 cm³/mol. The monoisotopic (exact) mass is 339 g/mol. The minimum absolute atomic E-state index is 0.115. The predicted octanol–water partition coefficient (Wildman–Crippen LogP) is 1.15. The Morgan fingerprint density at radius 1 is 1.40 bits per heavy atom. The number of H-pyrrole nitrogens is 1. The lowest BCUT2D eigenvalue weighted by Gasteiger charge is -2.14. The van der Waals surface area contributed by atoms with Crippen LogP contribution in [0.1, 0.15) is 5.56 Å². The van der Waals surface area contributed by atoms with E-state index in [0.717, 1.165) is 21.0 Å². The highest BCUT2D eigenvalue weighted by molar-refractivity contribution is 5.86. The van der Waals surface area contributed by atoms with Crippen LogP contribution in [0, 0.1) is 6.07 Å². The molecule has 2 heterocycles. The first-order valence-electron chi connectivity index (χ1n) is 7.83. The van der Waals surface area contributed by atoms with Gasteiger partial charge < -0.3 is 15.8 Å². The zero-order valence-electron chi connectivity index (χ0n) is 13.8. The number of fused-ring (bicyclic) bond motifs is 1. The maximum atomic E-state index is 12.4. The smallest absolute Gasteiger partial charge is 0.325 e. The molecule has 0 aliphatic rings. The number of carbonyl (C=O) groups is 1. The molecule has 1 aromatic carbocycles. The van der Waals surface area contributed by atoms with E-state index in [1.165, 1.54) is 12.3 Å². The fraction of sp³-hybridized carbons (Fsp3) is 0.222. The summed E-state index contributed by atoms with van der Waals surface area (Å²) in [5.41, 5.74) is 7.63. The van der Waals surface area contributed by atoms with Crippen molar-refractivity contribution < 1.29 is 9.90 Å². The Morgan fingerprint density at radius 3 is 2.92 bits per heavy atom. The van der Waals surface area contributed by atoms with Gasteiger partial charge >= 0.3 is 6.03 Å². The van der Waals surface area contributed by atoms with Crippen LogP contribution in [0.3, 0.4) is 0 Å². The molecular formula is C18H19N4O3. The third-order valence-corrected chi connectivity index (χ3v) is 4.03. The number of amides is 1. The summed E-state index contributed by atoms with van der Waals surface area (Å²) in [6, 6.07) is 11.3. The molecule has 25 heavy (non-hydrogen) atoms. The molecule has 0 saturated heterocycles. The van der Waals surface area contributed by atoms with Crippen molar-refractivity contribution in [1.29, 1.82) is 0 Å². The van der Waals surface area contributed by atoms with Gasteiger partial charge in [0.1, 0.15) is 0 Å². The van der Waals surface area contributed by atoms with Gasteiger partial charge in [0.25, 0.3) is 5.56 Å². The van der Waals surface area contributed by atoms with Crippen LogP contribution >= 0.6 is 0 Å². The number of nitrogens with two attached hydrogens (primary N) is 1. The van der Waals surface area contributed by atoms with Gasteiger partial charge in [0.15, 0.2) is 0 Å². The van der Waals surface area contributed by atoms with Crippen molar-refractivity contribution in [2.75, 3.05) is 20.2 Å². The Labute approximate surface area is 144 Å². The Kier molecular flexibility index (Phi) is 4.69. The number of rotatable bonds is 5. The second-order valence-corrected chi connectivity index (χ2v) is 5.93. The number of aromatic amines is 1.